The van der Waals surface area contributed by atoms with Crippen LogP contribution in [0.2, 0.25) is 0 Å². The first-order chi connectivity index (χ1) is 13.4. The smallest absolute Gasteiger partial charge is 0.332 e. The second-order valence-corrected chi connectivity index (χ2v) is 10.2. The number of thioether (sulfide) groups is 1. The molecule has 2 saturated heterocycles. The summed E-state index contributed by atoms with van der Waals surface area (Å²) in [5, 5.41) is 6.41. The lowest BCUT2D eigenvalue weighted by Crippen LogP contribution is -2.36. The topological polar surface area (TPSA) is 114 Å². The zero-order valence-corrected chi connectivity index (χ0v) is 18.3. The lowest BCUT2D eigenvalue weighted by atomic mass is 10.0. The molecule has 8 nitrogen and oxygen atoms in total. The van der Waals surface area contributed by atoms with Gasteiger partial charge in [-0.15, -0.1) is 0 Å². The zero-order chi connectivity index (χ0) is 20.4. The van der Waals surface area contributed by atoms with Gasteiger partial charge in [-0.25, -0.2) is 9.36 Å². The maximum Gasteiger partial charge on any atom is 0.471 e. The average molecular weight is 437 g/mol. The third kappa shape index (κ3) is 8.41. The van der Waals surface area contributed by atoms with E-state index < -0.39 is 7.82 Å². The predicted octanol–water partition coefficient (Wildman–Crippen LogP) is 3.39. The second kappa shape index (κ2) is 12.2. The summed E-state index contributed by atoms with van der Waals surface area (Å²) in [6, 6.07) is 0.465. The fraction of sp³-hybridized carbons (Fsp3) is 0.889. The largest absolute Gasteiger partial charge is 0.471 e. The van der Waals surface area contributed by atoms with Gasteiger partial charge in [-0.1, -0.05) is 25.7 Å². The minimum Gasteiger partial charge on any atom is -0.332 e. The lowest BCUT2D eigenvalue weighted by molar-refractivity contribution is -0.119. The van der Waals surface area contributed by atoms with E-state index in [9.17, 15) is 14.2 Å². The van der Waals surface area contributed by atoms with Crippen molar-refractivity contribution in [2.75, 3.05) is 19.5 Å². The van der Waals surface area contributed by atoms with Gasteiger partial charge in [0.25, 0.3) is 0 Å². The van der Waals surface area contributed by atoms with Gasteiger partial charge in [0.05, 0.1) is 18.7 Å². The number of hydrogen-bond acceptors (Lipinski definition) is 6. The number of rotatable bonds is 15. The van der Waals surface area contributed by atoms with E-state index in [1.807, 2.05) is 11.8 Å². The minimum atomic E-state index is -3.84. The van der Waals surface area contributed by atoms with Crippen LogP contribution in [0.15, 0.2) is 0 Å². The molecule has 28 heavy (non-hydrogen) atoms. The maximum absolute atomic E-state index is 12.0. The molecular formula is C18H33N2O6PS. The number of hydrogen-bond donors (Lipinski definition) is 3. The van der Waals surface area contributed by atoms with Crippen molar-refractivity contribution in [3.8, 4) is 0 Å². The summed E-state index contributed by atoms with van der Waals surface area (Å²) in [6.45, 7) is 0.209. The third-order valence-corrected chi connectivity index (χ3v) is 7.70. The van der Waals surface area contributed by atoms with Crippen LogP contribution >= 0.6 is 19.6 Å². The maximum atomic E-state index is 12.0. The predicted molar refractivity (Wildman–Crippen MR) is 109 cm³/mol. The van der Waals surface area contributed by atoms with Gasteiger partial charge in [-0.2, -0.15) is 11.8 Å². The number of carbonyl (C=O) groups is 2. The normalized spacial score (nSPS) is 25.8. The monoisotopic (exact) mass is 436 g/mol. The Kier molecular flexibility index (Phi) is 10.3. The van der Waals surface area contributed by atoms with E-state index in [1.54, 1.807) is 0 Å². The van der Waals surface area contributed by atoms with Crippen LogP contribution in [0.5, 0.6) is 0 Å². The SMILES string of the molecule is COP(=O)(O)OCCCCCCCC(=O)CCCCC1SCC2NC(=O)NC21. The summed E-state index contributed by atoms with van der Waals surface area (Å²) >= 11 is 1.92. The van der Waals surface area contributed by atoms with Crippen LogP contribution in [0.25, 0.3) is 0 Å². The molecule has 0 aromatic rings. The Balaban J connectivity index is 1.39. The van der Waals surface area contributed by atoms with Gasteiger partial charge in [0.2, 0.25) is 0 Å². The van der Waals surface area contributed by atoms with Gasteiger partial charge in [0, 0.05) is 31.0 Å². The molecule has 0 bridgehead atoms. The summed E-state index contributed by atoms with van der Waals surface area (Å²) in [7, 11) is -2.70. The number of fused-ring (bicyclic) bond motifs is 1. The number of phosphoric acid groups is 1. The molecule has 10 heteroatoms. The van der Waals surface area contributed by atoms with Gasteiger partial charge in [-0.3, -0.25) is 13.8 Å². The van der Waals surface area contributed by atoms with E-state index >= 15 is 0 Å². The molecule has 4 atom stereocenters. The molecule has 0 spiro atoms. The summed E-state index contributed by atoms with van der Waals surface area (Å²) in [5.41, 5.74) is 0. The number of urea groups is 1. The summed E-state index contributed by atoms with van der Waals surface area (Å²) in [5.74, 6) is 1.31. The van der Waals surface area contributed by atoms with Gasteiger partial charge in [0.15, 0.2) is 0 Å². The van der Waals surface area contributed by atoms with Gasteiger partial charge in [0.1, 0.15) is 5.78 Å². The zero-order valence-electron chi connectivity index (χ0n) is 16.6. The van der Waals surface area contributed by atoms with Crippen molar-refractivity contribution in [2.45, 2.75) is 81.5 Å². The molecule has 2 aliphatic rings. The molecule has 2 aliphatic heterocycles. The van der Waals surface area contributed by atoms with Crippen molar-refractivity contribution in [1.29, 1.82) is 0 Å². The molecule has 0 saturated carbocycles. The van der Waals surface area contributed by atoms with Gasteiger partial charge in [-0.05, 0) is 25.7 Å². The van der Waals surface area contributed by atoms with Crippen molar-refractivity contribution >= 4 is 31.4 Å². The Morgan fingerprint density at radius 3 is 2.57 bits per heavy atom. The first kappa shape index (κ1) is 23.7. The van der Waals surface area contributed by atoms with E-state index in [-0.39, 0.29) is 24.7 Å². The quantitative estimate of drug-likeness (QED) is 0.205. The molecule has 162 valence electrons. The molecule has 0 aromatic heterocycles. The number of amides is 2. The molecule has 2 fully saturated rings. The number of nitrogens with one attached hydrogen (secondary N) is 2. The molecule has 2 rings (SSSR count). The van der Waals surface area contributed by atoms with E-state index in [2.05, 4.69) is 15.2 Å². The highest BCUT2D eigenvalue weighted by atomic mass is 32.2. The second-order valence-electron chi connectivity index (χ2n) is 7.41. The molecule has 3 N–H and O–H groups in total. The van der Waals surface area contributed by atoms with Crippen LogP contribution in [0.4, 0.5) is 4.79 Å². The molecule has 0 radical (unpaired) electrons. The summed E-state index contributed by atoms with van der Waals surface area (Å²) < 4.78 is 20.2. The summed E-state index contributed by atoms with van der Waals surface area (Å²) in [6.07, 6.45) is 8.77. The van der Waals surface area contributed by atoms with Crippen molar-refractivity contribution < 1.29 is 28.1 Å². The van der Waals surface area contributed by atoms with Crippen molar-refractivity contribution in [3.63, 3.8) is 0 Å². The van der Waals surface area contributed by atoms with E-state index in [1.165, 1.54) is 0 Å². The standard InChI is InChI=1S/C18H33N2O6PS/c1-25-27(23,24)26-12-8-4-2-3-5-9-14(21)10-6-7-11-16-17-15(13-28-16)19-18(22)20-17/h15-17H,2-13H2,1H3,(H,23,24)(H2,19,20,22). The van der Waals surface area contributed by atoms with Crippen LogP contribution in [-0.2, 0) is 18.4 Å². The molecule has 2 amide bonds. The van der Waals surface area contributed by atoms with Crippen LogP contribution in [0.1, 0.15) is 64.2 Å². The number of unbranched alkanes of at least 4 members (excludes halogenated alkanes) is 5. The first-order valence-corrected chi connectivity index (χ1v) is 12.7. The van der Waals surface area contributed by atoms with Crippen LogP contribution in [-0.4, -0.2) is 53.5 Å². The lowest BCUT2D eigenvalue weighted by Gasteiger charge is -2.16. The van der Waals surface area contributed by atoms with E-state index in [4.69, 9.17) is 9.42 Å². The molecule has 0 aliphatic carbocycles. The molecular weight excluding hydrogens is 403 g/mol. The molecule has 4 unspecified atom stereocenters. The third-order valence-electron chi connectivity index (χ3n) is 5.22. The Morgan fingerprint density at radius 1 is 1.14 bits per heavy atom. The highest BCUT2D eigenvalue weighted by Gasteiger charge is 2.42. The van der Waals surface area contributed by atoms with Crippen LogP contribution in [0.3, 0.4) is 0 Å². The average Bonchev–Trinajstić information content (AvgIpc) is 3.20. The number of Topliss-reactive ketones (excluding diaryl/α,β-unsaturated/α-hetero) is 1. The number of phosphoric ester groups is 1. The molecule has 2 heterocycles. The van der Waals surface area contributed by atoms with Crippen LogP contribution < -0.4 is 10.6 Å². The van der Waals surface area contributed by atoms with Crippen molar-refractivity contribution in [1.82, 2.24) is 10.6 Å². The van der Waals surface area contributed by atoms with Gasteiger partial charge >= 0.3 is 13.9 Å². The Morgan fingerprint density at radius 2 is 1.82 bits per heavy atom. The fourth-order valence-electron chi connectivity index (χ4n) is 3.62. The highest BCUT2D eigenvalue weighted by Crippen LogP contribution is 2.42. The number of carbonyl (C=O) groups excluding carboxylic acids is 2. The van der Waals surface area contributed by atoms with Crippen molar-refractivity contribution in [2.24, 2.45) is 0 Å². The van der Waals surface area contributed by atoms with E-state index in [0.29, 0.717) is 30.3 Å². The fourth-order valence-corrected chi connectivity index (χ4v) is 5.63. The minimum absolute atomic E-state index is 0.0497. The van der Waals surface area contributed by atoms with E-state index in [0.717, 1.165) is 57.8 Å². The van der Waals surface area contributed by atoms with Gasteiger partial charge < -0.3 is 15.5 Å². The molecule has 0 aromatic carbocycles. The summed E-state index contributed by atoms with van der Waals surface area (Å²) in [4.78, 5) is 32.4. The number of ketones is 1. The Labute approximate surface area is 171 Å². The Bertz CT molecular complexity index is 564. The first-order valence-electron chi connectivity index (χ1n) is 10.1. The highest BCUT2D eigenvalue weighted by molar-refractivity contribution is 8.00. The Hall–Kier alpha value is -0.600. The van der Waals surface area contributed by atoms with Crippen LogP contribution in [0, 0.1) is 0 Å². The van der Waals surface area contributed by atoms with Crippen molar-refractivity contribution in [3.05, 3.63) is 0 Å².